The zero-order chi connectivity index (χ0) is 15.3. The van der Waals surface area contributed by atoms with Crippen molar-refractivity contribution in [3.8, 4) is 0 Å². The zero-order valence-corrected chi connectivity index (χ0v) is 12.7. The van der Waals surface area contributed by atoms with E-state index in [0.717, 1.165) is 32.1 Å². The highest BCUT2D eigenvalue weighted by Gasteiger charge is 2.26. The molecule has 116 valence electrons. The molecule has 0 atom stereocenters. The highest BCUT2D eigenvalue weighted by molar-refractivity contribution is 7.90. The lowest BCUT2D eigenvalue weighted by atomic mass is 10.0. The molecule has 2 rings (SSSR count). The SMILES string of the molecule is O=C(O)c1ccccc1CCNS(=O)(=O)C1CCCCC1. The van der Waals surface area contributed by atoms with Gasteiger partial charge in [-0.05, 0) is 30.9 Å². The van der Waals surface area contributed by atoms with Crippen molar-refractivity contribution in [1.29, 1.82) is 0 Å². The van der Waals surface area contributed by atoms with Gasteiger partial charge in [0.2, 0.25) is 10.0 Å². The fraction of sp³-hybridized carbons (Fsp3) is 0.533. The molecule has 1 aromatic rings. The second-order valence-corrected chi connectivity index (χ2v) is 7.46. The Labute approximate surface area is 125 Å². The number of carboxylic acid groups (broad SMARTS) is 1. The Balaban J connectivity index is 1.93. The molecule has 1 saturated carbocycles. The van der Waals surface area contributed by atoms with Crippen molar-refractivity contribution in [2.75, 3.05) is 6.54 Å². The molecular formula is C15H21NO4S. The molecule has 1 fully saturated rings. The second-order valence-electron chi connectivity index (χ2n) is 5.41. The molecule has 6 heteroatoms. The minimum atomic E-state index is -3.28. The van der Waals surface area contributed by atoms with Crippen molar-refractivity contribution in [2.24, 2.45) is 0 Å². The maximum atomic E-state index is 12.2. The van der Waals surface area contributed by atoms with Gasteiger partial charge in [0.1, 0.15) is 0 Å². The van der Waals surface area contributed by atoms with E-state index in [0.29, 0.717) is 12.0 Å². The van der Waals surface area contributed by atoms with E-state index in [2.05, 4.69) is 4.72 Å². The second kappa shape index (κ2) is 7.04. The first kappa shape index (κ1) is 16.0. The molecule has 0 bridgehead atoms. The number of sulfonamides is 1. The van der Waals surface area contributed by atoms with Crippen LogP contribution in [-0.2, 0) is 16.4 Å². The fourth-order valence-corrected chi connectivity index (χ4v) is 4.34. The standard InChI is InChI=1S/C15H21NO4S/c17-15(18)14-9-5-4-6-12(14)10-11-16-21(19,20)13-7-2-1-3-8-13/h4-6,9,13,16H,1-3,7-8,10-11H2,(H,17,18). The molecule has 0 aromatic heterocycles. The molecule has 21 heavy (non-hydrogen) atoms. The summed E-state index contributed by atoms with van der Waals surface area (Å²) in [6.07, 6.45) is 4.87. The lowest BCUT2D eigenvalue weighted by Crippen LogP contribution is -2.36. The van der Waals surface area contributed by atoms with Gasteiger partial charge in [0.15, 0.2) is 0 Å². The van der Waals surface area contributed by atoms with Crippen molar-refractivity contribution in [2.45, 2.75) is 43.8 Å². The van der Waals surface area contributed by atoms with Crippen molar-refractivity contribution < 1.29 is 18.3 Å². The Morgan fingerprint density at radius 2 is 1.86 bits per heavy atom. The normalized spacial score (nSPS) is 16.8. The van der Waals surface area contributed by atoms with Gasteiger partial charge in [-0.1, -0.05) is 37.5 Å². The Hall–Kier alpha value is -1.40. The molecule has 0 heterocycles. The van der Waals surface area contributed by atoms with Crippen LogP contribution < -0.4 is 4.72 Å². The summed E-state index contributed by atoms with van der Waals surface area (Å²) in [6, 6.07) is 6.68. The molecule has 0 spiro atoms. The largest absolute Gasteiger partial charge is 0.478 e. The number of aromatic carboxylic acids is 1. The predicted molar refractivity (Wildman–Crippen MR) is 80.9 cm³/mol. The third-order valence-electron chi connectivity index (χ3n) is 3.94. The number of rotatable bonds is 6. The highest BCUT2D eigenvalue weighted by atomic mass is 32.2. The molecule has 0 aliphatic heterocycles. The van der Waals surface area contributed by atoms with Crippen LogP contribution in [0.25, 0.3) is 0 Å². The topological polar surface area (TPSA) is 83.5 Å². The van der Waals surface area contributed by atoms with E-state index in [1.807, 2.05) is 0 Å². The van der Waals surface area contributed by atoms with Crippen LogP contribution in [0.5, 0.6) is 0 Å². The maximum absolute atomic E-state index is 12.2. The van der Waals surface area contributed by atoms with E-state index >= 15 is 0 Å². The van der Waals surface area contributed by atoms with Crippen LogP contribution in [0.2, 0.25) is 0 Å². The van der Waals surface area contributed by atoms with Crippen molar-refractivity contribution in [1.82, 2.24) is 4.72 Å². The molecule has 1 aliphatic rings. The van der Waals surface area contributed by atoms with E-state index in [-0.39, 0.29) is 17.4 Å². The minimum Gasteiger partial charge on any atom is -0.478 e. The predicted octanol–water partition coefficient (Wildman–Crippen LogP) is 2.18. The van der Waals surface area contributed by atoms with E-state index < -0.39 is 16.0 Å². The van der Waals surface area contributed by atoms with Gasteiger partial charge in [-0.25, -0.2) is 17.9 Å². The minimum absolute atomic E-state index is 0.231. The van der Waals surface area contributed by atoms with Gasteiger partial charge in [0.05, 0.1) is 10.8 Å². The smallest absolute Gasteiger partial charge is 0.335 e. The molecule has 0 radical (unpaired) electrons. The molecule has 0 amide bonds. The average molecular weight is 311 g/mol. The summed E-state index contributed by atoms with van der Waals surface area (Å²) in [4.78, 5) is 11.1. The number of hydrogen-bond donors (Lipinski definition) is 2. The van der Waals surface area contributed by atoms with E-state index in [1.165, 1.54) is 6.07 Å². The van der Waals surface area contributed by atoms with E-state index in [1.54, 1.807) is 18.2 Å². The number of nitrogens with one attached hydrogen (secondary N) is 1. The Kier molecular flexibility index (Phi) is 5.36. The number of carboxylic acids is 1. The summed E-state index contributed by atoms with van der Waals surface area (Å²) < 4.78 is 27.0. The van der Waals surface area contributed by atoms with Crippen LogP contribution in [0.15, 0.2) is 24.3 Å². The fourth-order valence-electron chi connectivity index (χ4n) is 2.77. The Bertz CT molecular complexity index is 591. The number of benzene rings is 1. The number of hydrogen-bond acceptors (Lipinski definition) is 3. The molecular weight excluding hydrogens is 290 g/mol. The lowest BCUT2D eigenvalue weighted by molar-refractivity contribution is 0.0695. The van der Waals surface area contributed by atoms with Gasteiger partial charge in [0.25, 0.3) is 0 Å². The molecule has 2 N–H and O–H groups in total. The average Bonchev–Trinajstić information content (AvgIpc) is 2.48. The summed E-state index contributed by atoms with van der Waals surface area (Å²) in [7, 11) is -3.28. The Morgan fingerprint density at radius 3 is 2.52 bits per heavy atom. The third-order valence-corrected chi connectivity index (χ3v) is 5.89. The van der Waals surface area contributed by atoms with Gasteiger partial charge < -0.3 is 5.11 Å². The third kappa shape index (κ3) is 4.28. The summed E-state index contributed by atoms with van der Waals surface area (Å²) >= 11 is 0. The van der Waals surface area contributed by atoms with Crippen LogP contribution in [0.3, 0.4) is 0 Å². The van der Waals surface area contributed by atoms with Gasteiger partial charge in [0, 0.05) is 6.54 Å². The summed E-state index contributed by atoms with van der Waals surface area (Å²) in [5.74, 6) is -0.985. The van der Waals surface area contributed by atoms with Crippen molar-refractivity contribution >= 4 is 16.0 Å². The molecule has 0 unspecified atom stereocenters. The van der Waals surface area contributed by atoms with Crippen LogP contribution in [0.1, 0.15) is 48.0 Å². The highest BCUT2D eigenvalue weighted by Crippen LogP contribution is 2.23. The summed E-state index contributed by atoms with van der Waals surface area (Å²) in [6.45, 7) is 0.239. The van der Waals surface area contributed by atoms with Gasteiger partial charge in [-0.2, -0.15) is 0 Å². The summed E-state index contributed by atoms with van der Waals surface area (Å²) in [5.41, 5.74) is 0.880. The Morgan fingerprint density at radius 1 is 1.19 bits per heavy atom. The van der Waals surface area contributed by atoms with Gasteiger partial charge in [-0.15, -0.1) is 0 Å². The number of carbonyl (C=O) groups is 1. The van der Waals surface area contributed by atoms with Crippen LogP contribution in [0.4, 0.5) is 0 Å². The van der Waals surface area contributed by atoms with Crippen molar-refractivity contribution in [3.05, 3.63) is 35.4 Å². The molecule has 1 aliphatic carbocycles. The molecule has 1 aromatic carbocycles. The van der Waals surface area contributed by atoms with Gasteiger partial charge >= 0.3 is 5.97 Å². The lowest BCUT2D eigenvalue weighted by Gasteiger charge is -2.22. The van der Waals surface area contributed by atoms with Crippen LogP contribution in [-0.4, -0.2) is 31.3 Å². The maximum Gasteiger partial charge on any atom is 0.335 e. The van der Waals surface area contributed by atoms with E-state index in [4.69, 9.17) is 5.11 Å². The van der Waals surface area contributed by atoms with Crippen LogP contribution >= 0.6 is 0 Å². The van der Waals surface area contributed by atoms with E-state index in [9.17, 15) is 13.2 Å². The quantitative estimate of drug-likeness (QED) is 0.843. The first-order valence-electron chi connectivity index (χ1n) is 7.30. The monoisotopic (exact) mass is 311 g/mol. The van der Waals surface area contributed by atoms with Crippen LogP contribution in [0, 0.1) is 0 Å². The zero-order valence-electron chi connectivity index (χ0n) is 11.9. The van der Waals surface area contributed by atoms with Gasteiger partial charge in [-0.3, -0.25) is 0 Å². The molecule has 5 nitrogen and oxygen atoms in total. The summed E-state index contributed by atoms with van der Waals surface area (Å²) in [5, 5.41) is 8.80. The molecule has 0 saturated heterocycles. The first-order chi connectivity index (χ1) is 10.0. The van der Waals surface area contributed by atoms with Crippen molar-refractivity contribution in [3.63, 3.8) is 0 Å². The first-order valence-corrected chi connectivity index (χ1v) is 8.85.